The largest absolute Gasteiger partial charge is 0.353 e. The summed E-state index contributed by atoms with van der Waals surface area (Å²) in [5, 5.41) is 8.44. The first kappa shape index (κ1) is 15.7. The number of benzene rings is 1. The Balaban J connectivity index is 1.50. The second-order valence-electron chi connectivity index (χ2n) is 6.54. The van der Waals surface area contributed by atoms with Gasteiger partial charge in [-0.1, -0.05) is 35.5 Å². The van der Waals surface area contributed by atoms with Crippen molar-refractivity contribution < 1.29 is 18.9 Å². The van der Waals surface area contributed by atoms with Crippen LogP contribution >= 0.6 is 0 Å². The molecule has 1 aromatic heterocycles. The fourth-order valence-corrected chi connectivity index (χ4v) is 3.29. The van der Waals surface area contributed by atoms with E-state index in [9.17, 15) is 0 Å². The summed E-state index contributed by atoms with van der Waals surface area (Å²) in [6.45, 7) is 4.33. The Morgan fingerprint density at radius 2 is 1.92 bits per heavy atom. The summed E-state index contributed by atoms with van der Waals surface area (Å²) < 4.78 is 25.0. The van der Waals surface area contributed by atoms with Crippen molar-refractivity contribution in [3.63, 3.8) is 0 Å². The number of nitrogens with zero attached hydrogens (tertiary/aromatic N) is 3. The third-order valence-corrected chi connectivity index (χ3v) is 4.31. The van der Waals surface area contributed by atoms with Crippen LogP contribution in [-0.4, -0.2) is 52.5 Å². The average molecular weight is 331 g/mol. The summed E-state index contributed by atoms with van der Waals surface area (Å²) in [7, 11) is 1.61. The van der Waals surface area contributed by atoms with Crippen LogP contribution in [0.4, 0.5) is 0 Å². The third kappa shape index (κ3) is 2.84. The lowest BCUT2D eigenvalue weighted by molar-refractivity contribution is -0.228. The molecule has 7 heteroatoms. The molecule has 4 rings (SSSR count). The van der Waals surface area contributed by atoms with Crippen LogP contribution < -0.4 is 0 Å². The summed E-state index contributed by atoms with van der Waals surface area (Å²) in [4.78, 5) is 0. The zero-order chi connectivity index (χ0) is 16.7. The van der Waals surface area contributed by atoms with Crippen molar-refractivity contribution >= 4 is 0 Å². The smallest absolute Gasteiger partial charge is 0.186 e. The molecule has 0 amide bonds. The monoisotopic (exact) mass is 331 g/mol. The Labute approximate surface area is 140 Å². The predicted molar refractivity (Wildman–Crippen MR) is 85.0 cm³/mol. The molecule has 2 aromatic rings. The van der Waals surface area contributed by atoms with Gasteiger partial charge >= 0.3 is 0 Å². The van der Waals surface area contributed by atoms with Crippen LogP contribution in [-0.2, 0) is 25.5 Å². The summed E-state index contributed by atoms with van der Waals surface area (Å²) in [5.74, 6) is -0.633. The molecule has 0 N–H and O–H groups in total. The molecule has 0 saturated carbocycles. The number of hydrogen-bond donors (Lipinski definition) is 0. The van der Waals surface area contributed by atoms with Gasteiger partial charge in [-0.25, -0.2) is 4.68 Å². The average Bonchev–Trinajstić information content (AvgIpc) is 3.23. The molecular formula is C17H21N3O4. The first-order valence-corrected chi connectivity index (χ1v) is 8.05. The van der Waals surface area contributed by atoms with Crippen LogP contribution in [0.25, 0.3) is 11.3 Å². The highest BCUT2D eigenvalue weighted by molar-refractivity contribution is 5.57. The maximum atomic E-state index is 5.99. The van der Waals surface area contributed by atoms with E-state index in [4.69, 9.17) is 18.9 Å². The molecule has 4 atom stereocenters. The minimum atomic E-state index is -0.633. The third-order valence-electron chi connectivity index (χ3n) is 4.31. The minimum Gasteiger partial charge on any atom is -0.353 e. The van der Waals surface area contributed by atoms with E-state index in [1.807, 2.05) is 50.4 Å². The van der Waals surface area contributed by atoms with Gasteiger partial charge in [0.25, 0.3) is 0 Å². The van der Waals surface area contributed by atoms with Gasteiger partial charge in [0.1, 0.15) is 24.0 Å². The van der Waals surface area contributed by atoms with Crippen LogP contribution in [0.1, 0.15) is 13.8 Å². The first-order valence-electron chi connectivity index (χ1n) is 8.05. The lowest BCUT2D eigenvalue weighted by Crippen LogP contribution is -2.33. The zero-order valence-electron chi connectivity index (χ0n) is 14.0. The van der Waals surface area contributed by atoms with Crippen molar-refractivity contribution in [2.24, 2.45) is 0 Å². The van der Waals surface area contributed by atoms with Gasteiger partial charge in [0.05, 0.1) is 12.7 Å². The Bertz CT molecular complexity index is 703. The van der Waals surface area contributed by atoms with E-state index < -0.39 is 12.1 Å². The topological polar surface area (TPSA) is 67.6 Å². The van der Waals surface area contributed by atoms with Gasteiger partial charge in [-0.3, -0.25) is 0 Å². The molecule has 2 aliphatic rings. The van der Waals surface area contributed by atoms with E-state index in [1.165, 1.54) is 0 Å². The normalized spacial score (nSPS) is 31.3. The van der Waals surface area contributed by atoms with E-state index in [0.29, 0.717) is 6.54 Å². The molecule has 7 nitrogen and oxygen atoms in total. The van der Waals surface area contributed by atoms with Gasteiger partial charge in [0.15, 0.2) is 12.1 Å². The van der Waals surface area contributed by atoms with Gasteiger partial charge in [-0.05, 0) is 13.8 Å². The second-order valence-corrected chi connectivity index (χ2v) is 6.54. The zero-order valence-corrected chi connectivity index (χ0v) is 14.0. The maximum absolute atomic E-state index is 5.99. The van der Waals surface area contributed by atoms with Crippen LogP contribution in [0, 0.1) is 0 Å². The highest BCUT2D eigenvalue weighted by Crippen LogP contribution is 2.39. The Hall–Kier alpha value is -1.80. The van der Waals surface area contributed by atoms with E-state index in [-0.39, 0.29) is 18.3 Å². The highest BCUT2D eigenvalue weighted by Gasteiger charge is 2.55. The van der Waals surface area contributed by atoms with Gasteiger partial charge in [-0.15, -0.1) is 5.10 Å². The predicted octanol–water partition coefficient (Wildman–Crippen LogP) is 1.84. The Morgan fingerprint density at radius 1 is 1.17 bits per heavy atom. The number of aromatic nitrogens is 3. The summed E-state index contributed by atoms with van der Waals surface area (Å²) in [6, 6.07) is 9.95. The molecule has 128 valence electrons. The van der Waals surface area contributed by atoms with Crippen molar-refractivity contribution in [1.82, 2.24) is 15.0 Å². The van der Waals surface area contributed by atoms with Gasteiger partial charge in [0.2, 0.25) is 0 Å². The van der Waals surface area contributed by atoms with Crippen LogP contribution in [0.15, 0.2) is 36.5 Å². The van der Waals surface area contributed by atoms with E-state index in [2.05, 4.69) is 10.3 Å². The molecule has 1 unspecified atom stereocenters. The van der Waals surface area contributed by atoms with E-state index in [0.717, 1.165) is 11.3 Å². The molecule has 2 aliphatic heterocycles. The molecule has 2 fully saturated rings. The highest BCUT2D eigenvalue weighted by atomic mass is 16.8. The van der Waals surface area contributed by atoms with Crippen LogP contribution in [0.2, 0.25) is 0 Å². The number of hydrogen-bond acceptors (Lipinski definition) is 6. The molecule has 0 bridgehead atoms. The number of rotatable bonds is 4. The molecule has 0 aliphatic carbocycles. The van der Waals surface area contributed by atoms with Crippen molar-refractivity contribution in [1.29, 1.82) is 0 Å². The molecule has 0 radical (unpaired) electrons. The fourth-order valence-electron chi connectivity index (χ4n) is 3.29. The Morgan fingerprint density at radius 3 is 2.67 bits per heavy atom. The SMILES string of the molecule is CO[C@@H]1O[C@H](Cn2cc(-c3ccccc3)nn2)[C@@H]2OC(C)(C)OC12. The molecular weight excluding hydrogens is 310 g/mol. The Kier molecular flexibility index (Phi) is 3.88. The number of methoxy groups -OCH3 is 1. The van der Waals surface area contributed by atoms with E-state index >= 15 is 0 Å². The lowest BCUT2D eigenvalue weighted by atomic mass is 10.1. The van der Waals surface area contributed by atoms with E-state index in [1.54, 1.807) is 11.8 Å². The van der Waals surface area contributed by atoms with Crippen LogP contribution in [0.5, 0.6) is 0 Å². The summed E-state index contributed by atoms with van der Waals surface area (Å²) in [6.07, 6.45) is 0.863. The molecule has 3 heterocycles. The van der Waals surface area contributed by atoms with Crippen molar-refractivity contribution in [3.05, 3.63) is 36.5 Å². The summed E-state index contributed by atoms with van der Waals surface area (Å²) in [5.41, 5.74) is 1.86. The second kappa shape index (κ2) is 5.93. The van der Waals surface area contributed by atoms with Crippen LogP contribution in [0.3, 0.4) is 0 Å². The quantitative estimate of drug-likeness (QED) is 0.851. The van der Waals surface area contributed by atoms with Gasteiger partial charge in [-0.2, -0.15) is 0 Å². The van der Waals surface area contributed by atoms with Gasteiger partial charge < -0.3 is 18.9 Å². The molecule has 0 spiro atoms. The van der Waals surface area contributed by atoms with Crippen molar-refractivity contribution in [2.45, 2.75) is 50.8 Å². The molecule has 2 saturated heterocycles. The van der Waals surface area contributed by atoms with Crippen molar-refractivity contribution in [2.75, 3.05) is 7.11 Å². The molecule has 1 aromatic carbocycles. The van der Waals surface area contributed by atoms with Crippen molar-refractivity contribution in [3.8, 4) is 11.3 Å². The molecule has 24 heavy (non-hydrogen) atoms. The standard InChI is InChI=1S/C17H21N3O4/c1-17(2)23-14-13(22-16(21-3)15(14)24-17)10-20-9-12(18-19-20)11-7-5-4-6-8-11/h4-9,13-16H,10H2,1-3H3/t13-,14+,15?,16-/m1/s1. The fraction of sp³-hybridized carbons (Fsp3) is 0.529. The number of ether oxygens (including phenoxy) is 4. The minimum absolute atomic E-state index is 0.186. The summed E-state index contributed by atoms with van der Waals surface area (Å²) >= 11 is 0. The first-order chi connectivity index (χ1) is 11.6. The lowest BCUT2D eigenvalue weighted by Gasteiger charge is -2.23. The number of fused-ring (bicyclic) bond motifs is 1. The van der Waals surface area contributed by atoms with Gasteiger partial charge in [0, 0.05) is 12.7 Å². The maximum Gasteiger partial charge on any atom is 0.186 e.